The van der Waals surface area contributed by atoms with Crippen LogP contribution in [0.15, 0.2) is 30.3 Å². The predicted molar refractivity (Wildman–Crippen MR) is 83.3 cm³/mol. The predicted octanol–water partition coefficient (Wildman–Crippen LogP) is 4.28. The summed E-state index contributed by atoms with van der Waals surface area (Å²) in [6, 6.07) is 11.0. The first-order chi connectivity index (χ1) is 9.29. The van der Waals surface area contributed by atoms with E-state index in [1.807, 2.05) is 0 Å². The maximum atomic E-state index is 3.64. The van der Waals surface area contributed by atoms with Crippen LogP contribution in [0.25, 0.3) is 0 Å². The van der Waals surface area contributed by atoms with E-state index in [0.717, 1.165) is 17.8 Å². The van der Waals surface area contributed by atoms with Crippen LogP contribution in [0.4, 0.5) is 0 Å². The Bertz CT molecular complexity index is 346. The van der Waals surface area contributed by atoms with Crippen LogP contribution in [-0.4, -0.2) is 13.1 Å². The Morgan fingerprint density at radius 2 is 1.89 bits per heavy atom. The molecular weight excluding hydrogens is 230 g/mol. The van der Waals surface area contributed by atoms with Crippen molar-refractivity contribution >= 4 is 0 Å². The molecule has 1 aromatic carbocycles. The zero-order valence-corrected chi connectivity index (χ0v) is 12.6. The zero-order valence-electron chi connectivity index (χ0n) is 12.6. The van der Waals surface area contributed by atoms with Gasteiger partial charge in [0.1, 0.15) is 0 Å². The summed E-state index contributed by atoms with van der Waals surface area (Å²) in [7, 11) is 0. The molecule has 0 aliphatic heterocycles. The van der Waals surface area contributed by atoms with Crippen LogP contribution < -0.4 is 5.32 Å². The Balaban J connectivity index is 1.92. The van der Waals surface area contributed by atoms with Gasteiger partial charge in [-0.1, -0.05) is 50.6 Å². The van der Waals surface area contributed by atoms with Gasteiger partial charge in [0, 0.05) is 0 Å². The third-order valence-corrected chi connectivity index (χ3v) is 4.58. The monoisotopic (exact) mass is 259 g/mol. The van der Waals surface area contributed by atoms with E-state index in [1.165, 1.54) is 50.8 Å². The highest BCUT2D eigenvalue weighted by molar-refractivity contribution is 5.15. The minimum Gasteiger partial charge on any atom is -0.316 e. The summed E-state index contributed by atoms with van der Waals surface area (Å²) in [4.78, 5) is 0. The summed E-state index contributed by atoms with van der Waals surface area (Å²) >= 11 is 0. The summed E-state index contributed by atoms with van der Waals surface area (Å²) in [5.41, 5.74) is 1.52. The minimum atomic E-state index is 0.871. The van der Waals surface area contributed by atoms with Crippen molar-refractivity contribution in [2.45, 2.75) is 46.0 Å². The highest BCUT2D eigenvalue weighted by atomic mass is 14.9. The summed E-state index contributed by atoms with van der Waals surface area (Å²) in [6.45, 7) is 7.06. The lowest BCUT2D eigenvalue weighted by Crippen LogP contribution is -2.34. The van der Waals surface area contributed by atoms with Gasteiger partial charge in [-0.15, -0.1) is 0 Å². The van der Waals surface area contributed by atoms with Crippen molar-refractivity contribution in [3.05, 3.63) is 35.9 Å². The largest absolute Gasteiger partial charge is 0.316 e. The highest BCUT2D eigenvalue weighted by Gasteiger charge is 2.28. The van der Waals surface area contributed by atoms with Gasteiger partial charge in [-0.2, -0.15) is 0 Å². The number of benzene rings is 1. The molecule has 1 aromatic rings. The van der Waals surface area contributed by atoms with Gasteiger partial charge in [-0.25, -0.2) is 0 Å². The van der Waals surface area contributed by atoms with Gasteiger partial charge >= 0.3 is 0 Å². The van der Waals surface area contributed by atoms with E-state index in [-0.39, 0.29) is 0 Å². The Hall–Kier alpha value is -0.820. The Labute approximate surface area is 118 Å². The maximum absolute atomic E-state index is 3.64. The molecule has 0 saturated heterocycles. The molecule has 0 spiro atoms. The van der Waals surface area contributed by atoms with E-state index in [2.05, 4.69) is 49.5 Å². The Kier molecular flexibility index (Phi) is 5.91. The van der Waals surface area contributed by atoms with Crippen molar-refractivity contribution in [2.75, 3.05) is 13.1 Å². The van der Waals surface area contributed by atoms with Gasteiger partial charge in [0.25, 0.3) is 0 Å². The maximum Gasteiger partial charge on any atom is -0.00178 e. The minimum absolute atomic E-state index is 0.871. The molecule has 0 amide bonds. The molecule has 3 atom stereocenters. The van der Waals surface area contributed by atoms with Crippen LogP contribution in [-0.2, 0) is 6.42 Å². The van der Waals surface area contributed by atoms with Crippen molar-refractivity contribution < 1.29 is 0 Å². The molecule has 1 saturated carbocycles. The average Bonchev–Trinajstić information content (AvgIpc) is 2.43. The second-order valence-corrected chi connectivity index (χ2v) is 6.33. The molecule has 1 nitrogen and oxygen atoms in total. The normalized spacial score (nSPS) is 27.4. The van der Waals surface area contributed by atoms with Gasteiger partial charge in [0.2, 0.25) is 0 Å². The highest BCUT2D eigenvalue weighted by Crippen LogP contribution is 2.35. The molecule has 0 heterocycles. The van der Waals surface area contributed by atoms with Crippen molar-refractivity contribution in [3.8, 4) is 0 Å². The van der Waals surface area contributed by atoms with E-state index in [1.54, 1.807) is 0 Å². The van der Waals surface area contributed by atoms with Gasteiger partial charge in [-0.3, -0.25) is 0 Å². The lowest BCUT2D eigenvalue weighted by molar-refractivity contribution is 0.184. The molecule has 0 radical (unpaired) electrons. The molecule has 1 aliphatic carbocycles. The van der Waals surface area contributed by atoms with Gasteiger partial charge in [0.15, 0.2) is 0 Å². The van der Waals surface area contributed by atoms with Crippen molar-refractivity contribution in [2.24, 2.45) is 17.8 Å². The van der Waals surface area contributed by atoms with Crippen LogP contribution in [0.1, 0.15) is 45.1 Å². The van der Waals surface area contributed by atoms with Gasteiger partial charge in [-0.05, 0) is 62.1 Å². The number of rotatable bonds is 6. The van der Waals surface area contributed by atoms with Crippen LogP contribution in [0.5, 0.6) is 0 Å². The van der Waals surface area contributed by atoms with Gasteiger partial charge < -0.3 is 5.32 Å². The quantitative estimate of drug-likeness (QED) is 0.752. The summed E-state index contributed by atoms with van der Waals surface area (Å²) in [5, 5.41) is 3.64. The molecule has 106 valence electrons. The molecule has 1 aliphatic rings. The smallest absolute Gasteiger partial charge is 0.00178 e. The SMILES string of the molecule is CCCNCC1CCC(C)CC1Cc1ccccc1. The van der Waals surface area contributed by atoms with E-state index in [9.17, 15) is 0 Å². The fourth-order valence-electron chi connectivity index (χ4n) is 3.46. The van der Waals surface area contributed by atoms with Crippen LogP contribution >= 0.6 is 0 Å². The zero-order chi connectivity index (χ0) is 13.5. The van der Waals surface area contributed by atoms with Crippen molar-refractivity contribution in [1.82, 2.24) is 5.32 Å². The van der Waals surface area contributed by atoms with E-state index in [0.29, 0.717) is 0 Å². The molecule has 3 unspecified atom stereocenters. The van der Waals surface area contributed by atoms with E-state index in [4.69, 9.17) is 0 Å². The summed E-state index contributed by atoms with van der Waals surface area (Å²) in [5.74, 6) is 2.66. The van der Waals surface area contributed by atoms with E-state index < -0.39 is 0 Å². The van der Waals surface area contributed by atoms with Gasteiger partial charge in [0.05, 0.1) is 0 Å². The molecule has 19 heavy (non-hydrogen) atoms. The number of hydrogen-bond donors (Lipinski definition) is 1. The van der Waals surface area contributed by atoms with Crippen LogP contribution in [0.3, 0.4) is 0 Å². The fraction of sp³-hybridized carbons (Fsp3) is 0.667. The Morgan fingerprint density at radius 3 is 2.63 bits per heavy atom. The first kappa shape index (κ1) is 14.6. The topological polar surface area (TPSA) is 12.0 Å². The lowest BCUT2D eigenvalue weighted by atomic mass is 9.72. The summed E-state index contributed by atoms with van der Waals surface area (Å²) < 4.78 is 0. The average molecular weight is 259 g/mol. The van der Waals surface area contributed by atoms with Crippen molar-refractivity contribution in [1.29, 1.82) is 0 Å². The number of hydrogen-bond acceptors (Lipinski definition) is 1. The third-order valence-electron chi connectivity index (χ3n) is 4.58. The first-order valence-electron chi connectivity index (χ1n) is 8.04. The second kappa shape index (κ2) is 7.69. The second-order valence-electron chi connectivity index (χ2n) is 6.33. The van der Waals surface area contributed by atoms with Crippen molar-refractivity contribution in [3.63, 3.8) is 0 Å². The standard InChI is InChI=1S/C18H29N/c1-3-11-19-14-17-10-9-15(2)12-18(17)13-16-7-5-4-6-8-16/h4-8,15,17-19H,3,9-14H2,1-2H3. The van der Waals surface area contributed by atoms with Crippen LogP contribution in [0.2, 0.25) is 0 Å². The van der Waals surface area contributed by atoms with E-state index >= 15 is 0 Å². The number of nitrogens with one attached hydrogen (secondary N) is 1. The third kappa shape index (κ3) is 4.65. The van der Waals surface area contributed by atoms with Crippen LogP contribution in [0, 0.1) is 17.8 Å². The fourth-order valence-corrected chi connectivity index (χ4v) is 3.46. The Morgan fingerprint density at radius 1 is 1.11 bits per heavy atom. The first-order valence-corrected chi connectivity index (χ1v) is 8.04. The molecule has 0 aromatic heterocycles. The molecular formula is C18H29N. The summed E-state index contributed by atoms with van der Waals surface area (Å²) in [6.07, 6.45) is 6.75. The molecule has 1 N–H and O–H groups in total. The molecule has 1 heteroatoms. The lowest BCUT2D eigenvalue weighted by Gasteiger charge is -2.35. The molecule has 0 bridgehead atoms. The molecule has 1 fully saturated rings. The molecule has 2 rings (SSSR count).